The molecule has 35 heavy (non-hydrogen) atoms. The highest BCUT2D eigenvalue weighted by atomic mass is 19.2. The molecule has 1 aromatic rings. The summed E-state index contributed by atoms with van der Waals surface area (Å²) in [7, 11) is 0. The minimum Gasteiger partial charge on any atom is -0.203 e. The van der Waals surface area contributed by atoms with Crippen LogP contribution in [0.1, 0.15) is 133 Å². The second kappa shape index (κ2) is 13.4. The van der Waals surface area contributed by atoms with Crippen molar-refractivity contribution in [3.05, 3.63) is 47.5 Å². The largest absolute Gasteiger partial charge is 0.203 e. The molecule has 0 aliphatic heterocycles. The number of aryl methyl sites for hydroxylation is 1. The number of rotatable bonds is 10. The molecule has 0 bridgehead atoms. The van der Waals surface area contributed by atoms with Gasteiger partial charge in [0, 0.05) is 0 Å². The van der Waals surface area contributed by atoms with Gasteiger partial charge in [-0.3, -0.25) is 0 Å². The van der Waals surface area contributed by atoms with E-state index in [9.17, 15) is 8.78 Å². The van der Waals surface area contributed by atoms with Gasteiger partial charge in [0.05, 0.1) is 0 Å². The van der Waals surface area contributed by atoms with Crippen molar-refractivity contribution in [2.75, 3.05) is 0 Å². The van der Waals surface area contributed by atoms with Crippen LogP contribution in [0.5, 0.6) is 0 Å². The zero-order chi connectivity index (χ0) is 24.6. The summed E-state index contributed by atoms with van der Waals surface area (Å²) in [6, 6.07) is 3.71. The van der Waals surface area contributed by atoms with Crippen LogP contribution in [0.15, 0.2) is 24.8 Å². The van der Waals surface area contributed by atoms with Crippen LogP contribution in [0.3, 0.4) is 0 Å². The van der Waals surface area contributed by atoms with Gasteiger partial charge in [0.25, 0.3) is 0 Å². The Kier molecular flexibility index (Phi) is 10.3. The molecule has 0 atom stereocenters. The van der Waals surface area contributed by atoms with Crippen molar-refractivity contribution in [2.45, 2.75) is 128 Å². The van der Waals surface area contributed by atoms with E-state index in [2.05, 4.69) is 12.7 Å². The summed E-state index contributed by atoms with van der Waals surface area (Å²) in [4.78, 5) is 0. The Morgan fingerprint density at radius 3 is 1.77 bits per heavy atom. The normalized spacial score (nSPS) is 31.9. The molecule has 2 heteroatoms. The maximum Gasteiger partial charge on any atom is 0.162 e. The van der Waals surface area contributed by atoms with Crippen LogP contribution in [0.2, 0.25) is 0 Å². The fraction of sp³-hybridized carbons (Fsp3) is 0.758. The molecule has 3 aliphatic rings. The van der Waals surface area contributed by atoms with Gasteiger partial charge in [0.15, 0.2) is 11.6 Å². The Labute approximate surface area is 214 Å². The molecule has 0 N–H and O–H groups in total. The molecule has 1 aromatic carbocycles. The highest BCUT2D eigenvalue weighted by molar-refractivity contribution is 5.29. The molecule has 0 spiro atoms. The third-order valence-corrected chi connectivity index (χ3v) is 10.2. The lowest BCUT2D eigenvalue weighted by atomic mass is 9.67. The Bertz CT molecular complexity index is 775. The molecular formula is C33H50F2. The van der Waals surface area contributed by atoms with Gasteiger partial charge in [0.2, 0.25) is 0 Å². The van der Waals surface area contributed by atoms with Gasteiger partial charge in [-0.2, -0.15) is 0 Å². The first kappa shape index (κ1) is 26.9. The van der Waals surface area contributed by atoms with E-state index < -0.39 is 11.6 Å². The van der Waals surface area contributed by atoms with Crippen LogP contribution in [-0.2, 0) is 6.42 Å². The quantitative estimate of drug-likeness (QED) is 0.290. The van der Waals surface area contributed by atoms with Crippen molar-refractivity contribution in [1.29, 1.82) is 0 Å². The minimum atomic E-state index is -0.592. The van der Waals surface area contributed by atoms with Gasteiger partial charge >= 0.3 is 0 Å². The Hall–Kier alpha value is -1.18. The molecule has 0 saturated heterocycles. The van der Waals surface area contributed by atoms with Crippen molar-refractivity contribution in [3.63, 3.8) is 0 Å². The number of allylic oxidation sites excluding steroid dienone is 1. The maximum atomic E-state index is 14.8. The molecule has 3 saturated carbocycles. The zero-order valence-corrected chi connectivity index (χ0v) is 22.4. The lowest BCUT2D eigenvalue weighted by Crippen LogP contribution is -2.26. The molecule has 0 heterocycles. The van der Waals surface area contributed by atoms with Crippen molar-refractivity contribution in [1.82, 2.24) is 0 Å². The van der Waals surface area contributed by atoms with Crippen molar-refractivity contribution in [2.24, 2.45) is 29.6 Å². The van der Waals surface area contributed by atoms with Crippen LogP contribution in [0.25, 0.3) is 0 Å². The van der Waals surface area contributed by atoms with Gasteiger partial charge in [-0.25, -0.2) is 8.78 Å². The minimum absolute atomic E-state index is 0.208. The van der Waals surface area contributed by atoms with E-state index in [0.29, 0.717) is 17.5 Å². The Morgan fingerprint density at radius 2 is 1.23 bits per heavy atom. The molecule has 3 fully saturated rings. The first-order valence-corrected chi connectivity index (χ1v) is 15.2. The second-order valence-electron chi connectivity index (χ2n) is 12.4. The van der Waals surface area contributed by atoms with Crippen LogP contribution >= 0.6 is 0 Å². The summed E-state index contributed by atoms with van der Waals surface area (Å²) in [5, 5.41) is 0. The zero-order valence-electron chi connectivity index (χ0n) is 22.4. The monoisotopic (exact) mass is 484 g/mol. The van der Waals surface area contributed by atoms with Gasteiger partial charge in [-0.1, -0.05) is 82.9 Å². The maximum absolute atomic E-state index is 14.8. The van der Waals surface area contributed by atoms with E-state index >= 15 is 0 Å². The first-order chi connectivity index (χ1) is 17.1. The standard InChI is InChI=1S/C33H50F2/c1-3-5-7-24-8-10-25(11-9-24)12-13-26-14-16-27(17-15-26)28-18-20-29(21-19-28)31-23-22-30(6-4-2)32(34)33(31)35/h3,22-29H,1,4-21H2,2H3. The van der Waals surface area contributed by atoms with Gasteiger partial charge in [0.1, 0.15) is 0 Å². The molecule has 0 nitrogen and oxygen atoms in total. The first-order valence-electron chi connectivity index (χ1n) is 15.2. The van der Waals surface area contributed by atoms with E-state index in [-0.39, 0.29) is 5.92 Å². The fourth-order valence-corrected chi connectivity index (χ4v) is 7.87. The Morgan fingerprint density at radius 1 is 0.714 bits per heavy atom. The van der Waals surface area contributed by atoms with E-state index in [1.165, 1.54) is 89.9 Å². The fourth-order valence-electron chi connectivity index (χ4n) is 7.87. The van der Waals surface area contributed by atoms with Gasteiger partial charge in [-0.05, 0) is 104 Å². The van der Waals surface area contributed by atoms with Crippen LogP contribution in [-0.4, -0.2) is 0 Å². The number of hydrogen-bond donors (Lipinski definition) is 0. The van der Waals surface area contributed by atoms with Crippen molar-refractivity contribution in [3.8, 4) is 0 Å². The van der Waals surface area contributed by atoms with Crippen LogP contribution < -0.4 is 0 Å². The van der Waals surface area contributed by atoms with Gasteiger partial charge < -0.3 is 0 Å². The lowest BCUT2D eigenvalue weighted by molar-refractivity contribution is 0.149. The molecule has 0 amide bonds. The topological polar surface area (TPSA) is 0 Å². The molecular weight excluding hydrogens is 434 g/mol. The predicted octanol–water partition coefficient (Wildman–Crippen LogP) is 10.6. The molecule has 4 rings (SSSR count). The van der Waals surface area contributed by atoms with E-state index in [1.54, 1.807) is 0 Å². The van der Waals surface area contributed by atoms with Crippen molar-refractivity contribution < 1.29 is 8.78 Å². The summed E-state index contributed by atoms with van der Waals surface area (Å²) in [6.07, 6.45) is 25.0. The highest BCUT2D eigenvalue weighted by Gasteiger charge is 2.33. The molecule has 3 aliphatic carbocycles. The third-order valence-electron chi connectivity index (χ3n) is 10.2. The summed E-state index contributed by atoms with van der Waals surface area (Å²) in [6.45, 7) is 5.89. The molecule has 196 valence electrons. The van der Waals surface area contributed by atoms with Crippen LogP contribution in [0, 0.1) is 41.2 Å². The number of hydrogen-bond acceptors (Lipinski definition) is 0. The lowest BCUT2D eigenvalue weighted by Gasteiger charge is -2.38. The van der Waals surface area contributed by atoms with Gasteiger partial charge in [-0.15, -0.1) is 6.58 Å². The molecule has 0 unspecified atom stereocenters. The summed E-state index contributed by atoms with van der Waals surface area (Å²) < 4.78 is 29.2. The Balaban J connectivity index is 1.15. The third kappa shape index (κ3) is 7.20. The average Bonchev–Trinajstić information content (AvgIpc) is 2.90. The van der Waals surface area contributed by atoms with E-state index in [1.807, 2.05) is 19.1 Å². The smallest absolute Gasteiger partial charge is 0.162 e. The number of benzene rings is 1. The highest BCUT2D eigenvalue weighted by Crippen LogP contribution is 2.45. The van der Waals surface area contributed by atoms with E-state index in [0.717, 1.165) is 48.9 Å². The average molecular weight is 485 g/mol. The second-order valence-corrected chi connectivity index (χ2v) is 12.4. The summed E-state index contributed by atoms with van der Waals surface area (Å²) in [5.74, 6) is 3.65. The molecule has 0 aromatic heterocycles. The van der Waals surface area contributed by atoms with Crippen LogP contribution in [0.4, 0.5) is 8.78 Å². The summed E-state index contributed by atoms with van der Waals surface area (Å²) in [5.41, 5.74) is 1.18. The SMILES string of the molecule is C=CCCC1CCC(CCC2CCC(C3CCC(c4ccc(CCC)c(F)c4F)CC3)CC2)CC1. The predicted molar refractivity (Wildman–Crippen MR) is 145 cm³/mol. The number of halogens is 2. The van der Waals surface area contributed by atoms with E-state index in [4.69, 9.17) is 0 Å². The summed E-state index contributed by atoms with van der Waals surface area (Å²) >= 11 is 0. The molecule has 0 radical (unpaired) electrons. The van der Waals surface area contributed by atoms with Crippen molar-refractivity contribution >= 4 is 0 Å².